The van der Waals surface area contributed by atoms with Gasteiger partial charge in [-0.25, -0.2) is 17.9 Å². The number of sulfonamides is 1. The number of nitrogens with zero attached hydrogens (tertiary/aromatic N) is 1. The minimum absolute atomic E-state index is 0.0760. The number of furan rings is 1. The van der Waals surface area contributed by atoms with Crippen LogP contribution in [0.3, 0.4) is 0 Å². The maximum atomic E-state index is 11.8. The minimum atomic E-state index is -3.98. The van der Waals surface area contributed by atoms with Crippen molar-refractivity contribution in [1.29, 1.82) is 0 Å². The number of hydrogen-bond acceptors (Lipinski definition) is 5. The number of rotatable bonds is 5. The zero-order valence-electron chi connectivity index (χ0n) is 8.95. The zero-order valence-corrected chi connectivity index (χ0v) is 9.77. The van der Waals surface area contributed by atoms with Gasteiger partial charge in [-0.05, 0) is 12.1 Å². The zero-order chi connectivity index (χ0) is 13.2. The standard InChI is InChI=1S/C9H9N3O5S/c13-9(14)7-5-10-12-8(7)18(15,16)11-4-6-2-1-3-17-6/h1-3,5,11H,4H2,(H,10,12)(H,13,14). The SMILES string of the molecule is O=C(O)c1cn[nH]c1S(=O)(=O)NCc1ccco1. The van der Waals surface area contributed by atoms with Gasteiger partial charge in [-0.3, -0.25) is 5.10 Å². The molecule has 0 saturated heterocycles. The van der Waals surface area contributed by atoms with Crippen LogP contribution in [0.15, 0.2) is 34.0 Å². The molecule has 0 saturated carbocycles. The average Bonchev–Trinajstić information content (AvgIpc) is 2.98. The summed E-state index contributed by atoms with van der Waals surface area (Å²) in [5.74, 6) is -0.961. The van der Waals surface area contributed by atoms with Gasteiger partial charge in [0.1, 0.15) is 11.3 Å². The van der Waals surface area contributed by atoms with Gasteiger partial charge >= 0.3 is 5.97 Å². The smallest absolute Gasteiger partial charge is 0.340 e. The van der Waals surface area contributed by atoms with Gasteiger partial charge in [0, 0.05) is 0 Å². The van der Waals surface area contributed by atoms with Crippen molar-refractivity contribution < 1.29 is 22.7 Å². The number of H-pyrrole nitrogens is 1. The number of carboxylic acids is 1. The first kappa shape index (κ1) is 12.3. The molecule has 3 N–H and O–H groups in total. The first-order valence-corrected chi connectivity index (χ1v) is 6.28. The van der Waals surface area contributed by atoms with Crippen LogP contribution in [0.5, 0.6) is 0 Å². The summed E-state index contributed by atoms with van der Waals surface area (Å²) in [6.07, 6.45) is 2.34. The molecule has 0 atom stereocenters. The summed E-state index contributed by atoms with van der Waals surface area (Å²) >= 11 is 0. The molecular weight excluding hydrogens is 262 g/mol. The van der Waals surface area contributed by atoms with Crippen molar-refractivity contribution >= 4 is 16.0 Å². The third-order valence-corrected chi connectivity index (χ3v) is 3.49. The number of aromatic carboxylic acids is 1. The van der Waals surface area contributed by atoms with E-state index in [2.05, 4.69) is 14.9 Å². The van der Waals surface area contributed by atoms with Gasteiger partial charge in [-0.2, -0.15) is 5.10 Å². The van der Waals surface area contributed by atoms with Gasteiger partial charge in [-0.1, -0.05) is 0 Å². The number of nitrogens with one attached hydrogen (secondary N) is 2. The summed E-state index contributed by atoms with van der Waals surface area (Å²) in [5, 5.41) is 13.9. The fourth-order valence-corrected chi connectivity index (χ4v) is 2.36. The summed E-state index contributed by atoms with van der Waals surface area (Å²) in [6.45, 7) is -0.0760. The van der Waals surface area contributed by atoms with Crippen LogP contribution in [0, 0.1) is 0 Å². The van der Waals surface area contributed by atoms with Crippen LogP contribution in [0.2, 0.25) is 0 Å². The molecule has 18 heavy (non-hydrogen) atoms. The van der Waals surface area contributed by atoms with Gasteiger partial charge in [0.2, 0.25) is 0 Å². The lowest BCUT2D eigenvalue weighted by Gasteiger charge is -2.03. The summed E-state index contributed by atoms with van der Waals surface area (Å²) < 4.78 is 30.8. The second kappa shape index (κ2) is 4.63. The largest absolute Gasteiger partial charge is 0.478 e. The van der Waals surface area contributed by atoms with Crippen molar-refractivity contribution in [3.8, 4) is 0 Å². The second-order valence-corrected chi connectivity index (χ2v) is 5.03. The van der Waals surface area contributed by atoms with E-state index in [0.29, 0.717) is 5.76 Å². The molecule has 0 aliphatic rings. The Hall–Kier alpha value is -2.13. The molecule has 2 heterocycles. The Kier molecular flexibility index (Phi) is 3.17. The van der Waals surface area contributed by atoms with E-state index in [1.54, 1.807) is 12.1 Å². The first-order valence-electron chi connectivity index (χ1n) is 4.79. The van der Waals surface area contributed by atoms with E-state index in [-0.39, 0.29) is 6.54 Å². The molecule has 0 bridgehead atoms. The van der Waals surface area contributed by atoms with Crippen LogP contribution in [-0.4, -0.2) is 29.7 Å². The molecule has 9 heteroatoms. The van der Waals surface area contributed by atoms with Gasteiger partial charge in [0.15, 0.2) is 5.03 Å². The molecule has 0 amide bonds. The number of carboxylic acid groups (broad SMARTS) is 1. The predicted molar refractivity (Wildman–Crippen MR) is 58.3 cm³/mol. The first-order chi connectivity index (χ1) is 8.50. The Bertz CT molecular complexity index is 644. The molecule has 0 aliphatic heterocycles. The van der Waals surface area contributed by atoms with Crippen molar-refractivity contribution in [2.75, 3.05) is 0 Å². The molecule has 2 rings (SSSR count). The van der Waals surface area contributed by atoms with Gasteiger partial charge in [-0.15, -0.1) is 0 Å². The van der Waals surface area contributed by atoms with Crippen LogP contribution in [0.25, 0.3) is 0 Å². The van der Waals surface area contributed by atoms with Crippen molar-refractivity contribution in [2.45, 2.75) is 11.6 Å². The van der Waals surface area contributed by atoms with E-state index in [0.717, 1.165) is 6.20 Å². The molecule has 2 aromatic rings. The third-order valence-electron chi connectivity index (χ3n) is 2.12. The highest BCUT2D eigenvalue weighted by atomic mass is 32.2. The van der Waals surface area contributed by atoms with Gasteiger partial charge < -0.3 is 9.52 Å². The van der Waals surface area contributed by atoms with E-state index in [1.807, 2.05) is 0 Å². The molecule has 0 unspecified atom stereocenters. The molecule has 0 fully saturated rings. The van der Waals surface area contributed by atoms with E-state index in [1.165, 1.54) is 6.26 Å². The van der Waals surface area contributed by atoms with Crippen LogP contribution in [0.4, 0.5) is 0 Å². The van der Waals surface area contributed by atoms with Crippen molar-refractivity contribution in [3.05, 3.63) is 35.9 Å². The Morgan fingerprint density at radius 1 is 1.56 bits per heavy atom. The normalized spacial score (nSPS) is 11.6. The molecule has 0 aromatic carbocycles. The summed E-state index contributed by atoms with van der Waals surface area (Å²) in [5.41, 5.74) is -0.415. The van der Waals surface area contributed by atoms with Crippen LogP contribution in [-0.2, 0) is 16.6 Å². The van der Waals surface area contributed by atoms with Gasteiger partial charge in [0.25, 0.3) is 10.0 Å². The highest BCUT2D eigenvalue weighted by Gasteiger charge is 2.24. The maximum Gasteiger partial charge on any atom is 0.340 e. The highest BCUT2D eigenvalue weighted by molar-refractivity contribution is 7.89. The minimum Gasteiger partial charge on any atom is -0.478 e. The number of hydrogen-bond donors (Lipinski definition) is 3. The van der Waals surface area contributed by atoms with Crippen LogP contribution < -0.4 is 4.72 Å². The summed E-state index contributed by atoms with van der Waals surface area (Å²) in [4.78, 5) is 10.8. The monoisotopic (exact) mass is 271 g/mol. The van der Waals surface area contributed by atoms with Crippen molar-refractivity contribution in [1.82, 2.24) is 14.9 Å². The molecule has 0 radical (unpaired) electrons. The predicted octanol–water partition coefficient (Wildman–Crippen LogP) is 0.179. The maximum absolute atomic E-state index is 11.8. The lowest BCUT2D eigenvalue weighted by Crippen LogP contribution is -2.25. The summed E-state index contributed by atoms with van der Waals surface area (Å²) in [6, 6.07) is 3.20. The van der Waals surface area contributed by atoms with Crippen LogP contribution >= 0.6 is 0 Å². The van der Waals surface area contributed by atoms with Crippen molar-refractivity contribution in [2.24, 2.45) is 0 Å². The van der Waals surface area contributed by atoms with Crippen molar-refractivity contribution in [3.63, 3.8) is 0 Å². The second-order valence-electron chi connectivity index (χ2n) is 3.32. The molecule has 96 valence electrons. The van der Waals surface area contributed by atoms with E-state index in [4.69, 9.17) is 9.52 Å². The molecule has 8 nitrogen and oxygen atoms in total. The van der Waals surface area contributed by atoms with Gasteiger partial charge in [0.05, 0.1) is 19.0 Å². The molecular formula is C9H9N3O5S. The lowest BCUT2D eigenvalue weighted by atomic mass is 10.4. The van der Waals surface area contributed by atoms with E-state index in [9.17, 15) is 13.2 Å². The third kappa shape index (κ3) is 2.41. The topological polar surface area (TPSA) is 125 Å². The average molecular weight is 271 g/mol. The Morgan fingerprint density at radius 3 is 2.94 bits per heavy atom. The number of carbonyl (C=O) groups is 1. The van der Waals surface area contributed by atoms with E-state index < -0.39 is 26.6 Å². The fraction of sp³-hybridized carbons (Fsp3) is 0.111. The molecule has 0 spiro atoms. The van der Waals surface area contributed by atoms with E-state index >= 15 is 0 Å². The number of aromatic nitrogens is 2. The Morgan fingerprint density at radius 2 is 2.33 bits per heavy atom. The summed E-state index contributed by atoms with van der Waals surface area (Å²) in [7, 11) is -3.98. The Balaban J connectivity index is 2.20. The lowest BCUT2D eigenvalue weighted by molar-refractivity contribution is 0.0692. The Labute approximate surface area is 102 Å². The van der Waals surface area contributed by atoms with Crippen LogP contribution in [0.1, 0.15) is 16.1 Å². The quantitative estimate of drug-likeness (QED) is 0.712. The fourth-order valence-electron chi connectivity index (χ4n) is 1.28. The molecule has 2 aromatic heterocycles. The molecule has 0 aliphatic carbocycles. The highest BCUT2D eigenvalue weighted by Crippen LogP contribution is 2.12. The number of aromatic amines is 1.